The van der Waals surface area contributed by atoms with Crippen molar-refractivity contribution in [2.75, 3.05) is 0 Å². The minimum atomic E-state index is -0.351. The van der Waals surface area contributed by atoms with Crippen molar-refractivity contribution in [1.82, 2.24) is 19.9 Å². The van der Waals surface area contributed by atoms with Crippen LogP contribution < -0.4 is 5.73 Å². The molecule has 7 heteroatoms. The Hall–Kier alpha value is -2.25. The van der Waals surface area contributed by atoms with Crippen molar-refractivity contribution < 1.29 is 4.79 Å². The summed E-state index contributed by atoms with van der Waals surface area (Å²) in [6, 6.07) is 11.8. The molecule has 2 heterocycles. The third kappa shape index (κ3) is 3.95. The van der Waals surface area contributed by atoms with E-state index in [1.54, 1.807) is 0 Å². The normalized spacial score (nSPS) is 17.1. The van der Waals surface area contributed by atoms with E-state index in [0.717, 1.165) is 41.8 Å². The molecule has 3 N–H and O–H groups in total. The molecule has 28 heavy (non-hydrogen) atoms. The molecule has 0 aliphatic heterocycles. The largest absolute Gasteiger partial charge is 0.368 e. The van der Waals surface area contributed by atoms with Gasteiger partial charge in [0.05, 0.1) is 35.4 Å². The summed E-state index contributed by atoms with van der Waals surface area (Å²) in [7, 11) is 0. The summed E-state index contributed by atoms with van der Waals surface area (Å²) in [5, 5.41) is 0. The summed E-state index contributed by atoms with van der Waals surface area (Å²) in [6.45, 7) is 2.54. The molecule has 4 rings (SSSR count). The summed E-state index contributed by atoms with van der Waals surface area (Å²) in [6.07, 6.45) is 5.57. The number of benzene rings is 1. The zero-order chi connectivity index (χ0) is 18.8. The second-order valence-corrected chi connectivity index (χ2v) is 7.16. The van der Waals surface area contributed by atoms with Gasteiger partial charge in [-0.15, -0.1) is 17.0 Å². The minimum Gasteiger partial charge on any atom is -0.368 e. The van der Waals surface area contributed by atoms with Gasteiger partial charge in [-0.3, -0.25) is 14.7 Å². The first kappa shape index (κ1) is 20.5. The van der Waals surface area contributed by atoms with E-state index in [9.17, 15) is 4.79 Å². The van der Waals surface area contributed by atoms with Crippen LogP contribution in [0.25, 0.3) is 11.0 Å². The van der Waals surface area contributed by atoms with Crippen LogP contribution in [-0.4, -0.2) is 31.8 Å². The summed E-state index contributed by atoms with van der Waals surface area (Å²) in [4.78, 5) is 27.2. The Labute approximate surface area is 175 Å². The van der Waals surface area contributed by atoms with Crippen molar-refractivity contribution in [3.05, 3.63) is 59.7 Å². The van der Waals surface area contributed by atoms with Crippen molar-refractivity contribution in [3.63, 3.8) is 0 Å². The molecule has 3 aromatic rings. The molecule has 1 amide bonds. The fourth-order valence-electron chi connectivity index (χ4n) is 4.20. The van der Waals surface area contributed by atoms with Crippen LogP contribution in [-0.2, 0) is 17.8 Å². The van der Waals surface area contributed by atoms with Gasteiger partial charge >= 0.3 is 0 Å². The molecule has 0 saturated carbocycles. The van der Waals surface area contributed by atoms with Gasteiger partial charge in [0, 0.05) is 6.20 Å². The van der Waals surface area contributed by atoms with Gasteiger partial charge in [-0.05, 0) is 49.4 Å². The average Bonchev–Trinajstić information content (AvgIpc) is 3.09. The Bertz CT molecular complexity index is 924. The molecule has 148 valence electrons. The number of nitrogens with one attached hydrogen (secondary N) is 1. The number of halogens is 1. The van der Waals surface area contributed by atoms with Crippen LogP contribution in [0, 0.1) is 0 Å². The second-order valence-electron chi connectivity index (χ2n) is 7.16. The molecule has 1 aromatic carbocycles. The number of hydrogen-bond acceptors (Lipinski definition) is 4. The number of nitrogens with zero attached hydrogens (tertiary/aromatic N) is 3. The minimum absolute atomic E-state index is 0. The van der Waals surface area contributed by atoms with E-state index in [0.29, 0.717) is 13.0 Å². The fourth-order valence-corrected chi connectivity index (χ4v) is 4.20. The third-order valence-corrected chi connectivity index (χ3v) is 5.45. The second kappa shape index (κ2) is 8.84. The number of carbonyl (C=O) groups is 1. The Morgan fingerprint density at radius 1 is 1.32 bits per heavy atom. The molecule has 1 aliphatic rings. The number of pyridine rings is 1. The molecule has 2 aromatic heterocycles. The third-order valence-electron chi connectivity index (χ3n) is 5.45. The number of hydrogen-bond donors (Lipinski definition) is 2. The lowest BCUT2D eigenvalue weighted by Crippen LogP contribution is -2.47. The molecule has 0 saturated heterocycles. The zero-order valence-corrected chi connectivity index (χ0v) is 17.7. The van der Waals surface area contributed by atoms with Crippen molar-refractivity contribution in [3.8, 4) is 0 Å². The van der Waals surface area contributed by atoms with Crippen molar-refractivity contribution in [1.29, 1.82) is 0 Å². The van der Waals surface area contributed by atoms with Crippen molar-refractivity contribution in [2.24, 2.45) is 5.73 Å². The number of aryl methyl sites for hydroxylation is 1. The molecule has 2 atom stereocenters. The van der Waals surface area contributed by atoms with Crippen LogP contribution in [0.3, 0.4) is 0 Å². The Morgan fingerprint density at radius 2 is 2.14 bits per heavy atom. The monoisotopic (exact) mass is 443 g/mol. The first-order valence-corrected chi connectivity index (χ1v) is 9.60. The number of amides is 1. The highest BCUT2D eigenvalue weighted by atomic mass is 79.9. The van der Waals surface area contributed by atoms with Gasteiger partial charge in [0.15, 0.2) is 0 Å². The van der Waals surface area contributed by atoms with Crippen LogP contribution >= 0.6 is 17.0 Å². The standard InChI is InChI=1S/C21H25N5O.BrH/c1-2-17(21(22)27)26(13-19-24-15-9-3-4-10-16(15)25-19)18-11-5-7-14-8-6-12-23-20(14)18;/h3-4,6,8-10,12,17-18H,2,5,7,11,13H2,1H3,(H2,22,27)(H,24,25);1H. The van der Waals surface area contributed by atoms with Gasteiger partial charge in [0.1, 0.15) is 5.82 Å². The molecule has 6 nitrogen and oxygen atoms in total. The predicted molar refractivity (Wildman–Crippen MR) is 115 cm³/mol. The SMILES string of the molecule is Br.CCC(C(N)=O)N(Cc1nc2ccccc2[nH]1)C1CCCc2cccnc21. The maximum Gasteiger partial charge on any atom is 0.234 e. The maximum atomic E-state index is 12.2. The molecular formula is C21H26BrN5O. The van der Waals surface area contributed by atoms with Crippen LogP contribution in [0.4, 0.5) is 0 Å². The Morgan fingerprint density at radius 3 is 2.89 bits per heavy atom. The molecule has 0 spiro atoms. The van der Waals surface area contributed by atoms with E-state index in [1.165, 1.54) is 5.56 Å². The molecule has 0 fully saturated rings. The number of aromatic nitrogens is 3. The number of imidazole rings is 1. The number of H-pyrrole nitrogens is 1. The van der Waals surface area contributed by atoms with E-state index >= 15 is 0 Å². The van der Waals surface area contributed by atoms with Crippen LogP contribution in [0.5, 0.6) is 0 Å². The zero-order valence-electron chi connectivity index (χ0n) is 16.0. The molecular weight excluding hydrogens is 418 g/mol. The lowest BCUT2D eigenvalue weighted by molar-refractivity contribution is -0.125. The fraction of sp³-hybridized carbons (Fsp3) is 0.381. The van der Waals surface area contributed by atoms with E-state index < -0.39 is 0 Å². The molecule has 0 bridgehead atoms. The number of para-hydroxylation sites is 2. The quantitative estimate of drug-likeness (QED) is 0.607. The smallest absolute Gasteiger partial charge is 0.234 e. The van der Waals surface area contributed by atoms with E-state index in [1.807, 2.05) is 43.5 Å². The van der Waals surface area contributed by atoms with E-state index in [2.05, 4.69) is 20.9 Å². The molecule has 2 unspecified atom stereocenters. The summed E-state index contributed by atoms with van der Waals surface area (Å²) in [5.41, 5.74) is 10.0. The predicted octanol–water partition coefficient (Wildman–Crippen LogP) is 3.68. The van der Waals surface area contributed by atoms with Gasteiger partial charge in [-0.2, -0.15) is 0 Å². The van der Waals surface area contributed by atoms with Gasteiger partial charge in [0.2, 0.25) is 5.91 Å². The number of carbonyl (C=O) groups excluding carboxylic acids is 1. The molecule has 0 radical (unpaired) electrons. The average molecular weight is 444 g/mol. The first-order chi connectivity index (χ1) is 13.2. The number of primary amides is 1. The maximum absolute atomic E-state index is 12.2. The van der Waals surface area contributed by atoms with Gasteiger partial charge in [-0.25, -0.2) is 4.98 Å². The number of fused-ring (bicyclic) bond motifs is 2. The van der Waals surface area contributed by atoms with Crippen LogP contribution in [0.15, 0.2) is 42.6 Å². The molecule has 1 aliphatic carbocycles. The lowest BCUT2D eigenvalue weighted by atomic mass is 9.89. The van der Waals surface area contributed by atoms with Gasteiger partial charge in [0.25, 0.3) is 0 Å². The Kier molecular flexibility index (Phi) is 6.46. The van der Waals surface area contributed by atoms with E-state index in [4.69, 9.17) is 10.7 Å². The number of nitrogens with two attached hydrogens (primary N) is 1. The van der Waals surface area contributed by atoms with Crippen LogP contribution in [0.1, 0.15) is 49.3 Å². The van der Waals surface area contributed by atoms with Crippen molar-refractivity contribution >= 4 is 33.9 Å². The topological polar surface area (TPSA) is 87.9 Å². The highest BCUT2D eigenvalue weighted by molar-refractivity contribution is 8.93. The Balaban J connectivity index is 0.00000225. The van der Waals surface area contributed by atoms with E-state index in [-0.39, 0.29) is 35.0 Å². The summed E-state index contributed by atoms with van der Waals surface area (Å²) >= 11 is 0. The van der Waals surface area contributed by atoms with Gasteiger partial charge < -0.3 is 10.7 Å². The highest BCUT2D eigenvalue weighted by Crippen LogP contribution is 2.35. The lowest BCUT2D eigenvalue weighted by Gasteiger charge is -2.38. The number of aromatic amines is 1. The first-order valence-electron chi connectivity index (χ1n) is 9.60. The van der Waals surface area contributed by atoms with Crippen LogP contribution in [0.2, 0.25) is 0 Å². The van der Waals surface area contributed by atoms with Crippen molar-refractivity contribution in [2.45, 2.75) is 51.2 Å². The number of rotatable bonds is 6. The highest BCUT2D eigenvalue weighted by Gasteiger charge is 2.34. The van der Waals surface area contributed by atoms with Gasteiger partial charge in [-0.1, -0.05) is 25.1 Å². The summed E-state index contributed by atoms with van der Waals surface area (Å²) in [5.74, 6) is 0.552. The summed E-state index contributed by atoms with van der Waals surface area (Å²) < 4.78 is 0.